The summed E-state index contributed by atoms with van der Waals surface area (Å²) in [4.78, 5) is 15.7. The van der Waals surface area contributed by atoms with Gasteiger partial charge in [0.05, 0.1) is 0 Å². The van der Waals surface area contributed by atoms with Crippen molar-refractivity contribution in [1.29, 1.82) is 0 Å². The fourth-order valence-corrected chi connectivity index (χ4v) is 4.23. The van der Waals surface area contributed by atoms with Gasteiger partial charge >= 0.3 is 0 Å². The number of aryl methyl sites for hydroxylation is 1. The van der Waals surface area contributed by atoms with Crippen LogP contribution in [0.2, 0.25) is 0 Å². The largest absolute Gasteiger partial charge is 0.437 e. The van der Waals surface area contributed by atoms with Gasteiger partial charge in [0.1, 0.15) is 23.5 Å². The van der Waals surface area contributed by atoms with Crippen molar-refractivity contribution in [1.82, 2.24) is 19.9 Å². The number of hydrogen-bond donors (Lipinski definition) is 2. The molecule has 5 rings (SSSR count). The Morgan fingerprint density at radius 3 is 2.41 bits per heavy atom. The fraction of sp³-hybridized carbons (Fsp3) is 0.400. The second-order valence-corrected chi connectivity index (χ2v) is 8.78. The summed E-state index contributed by atoms with van der Waals surface area (Å²) < 4.78 is 6.13. The second-order valence-electron chi connectivity index (χ2n) is 8.78. The maximum Gasteiger partial charge on any atom is 0.241 e. The lowest BCUT2D eigenvalue weighted by molar-refractivity contribution is -0.0265. The molecule has 1 aliphatic carbocycles. The molecule has 3 heterocycles. The Bertz CT molecular complexity index is 1030. The maximum atomic E-state index is 10.4. The predicted octanol–water partition coefficient (Wildman–Crippen LogP) is 4.62. The Morgan fingerprint density at radius 1 is 0.969 bits per heavy atom. The zero-order chi connectivity index (χ0) is 21.9. The van der Waals surface area contributed by atoms with E-state index in [-0.39, 0.29) is 12.1 Å². The van der Waals surface area contributed by atoms with Gasteiger partial charge in [-0.3, -0.25) is 9.88 Å². The summed E-state index contributed by atoms with van der Waals surface area (Å²) in [6.07, 6.45) is 9.16. The van der Waals surface area contributed by atoms with Crippen LogP contribution in [0.5, 0.6) is 11.6 Å². The minimum atomic E-state index is -0.282. The molecule has 0 bridgehead atoms. The van der Waals surface area contributed by atoms with Crippen LogP contribution < -0.4 is 10.1 Å². The molecule has 1 aliphatic heterocycles. The number of aromatic nitrogens is 3. The van der Waals surface area contributed by atoms with Crippen LogP contribution in [0.1, 0.15) is 42.9 Å². The quantitative estimate of drug-likeness (QED) is 0.564. The predicted molar refractivity (Wildman–Crippen MR) is 123 cm³/mol. The minimum absolute atomic E-state index is 0.282. The molecule has 1 aromatic carbocycles. The number of benzene rings is 1. The highest BCUT2D eigenvalue weighted by Crippen LogP contribution is 2.38. The van der Waals surface area contributed by atoms with Gasteiger partial charge in [-0.2, -0.15) is 0 Å². The second kappa shape index (κ2) is 9.22. The third kappa shape index (κ3) is 4.89. The van der Waals surface area contributed by atoms with Gasteiger partial charge in [-0.1, -0.05) is 6.07 Å². The van der Waals surface area contributed by atoms with E-state index in [2.05, 4.69) is 25.2 Å². The van der Waals surface area contributed by atoms with E-state index in [0.29, 0.717) is 11.8 Å². The molecule has 2 fully saturated rings. The molecule has 7 nitrogen and oxygen atoms in total. The number of ether oxygens (including phenoxy) is 1. The van der Waals surface area contributed by atoms with E-state index in [0.717, 1.165) is 67.3 Å². The summed E-state index contributed by atoms with van der Waals surface area (Å²) in [6.45, 7) is 3.78. The molecule has 1 saturated heterocycles. The number of nitrogens with zero attached hydrogens (tertiary/aromatic N) is 4. The minimum Gasteiger partial charge on any atom is -0.437 e. The molecule has 1 unspecified atom stereocenters. The highest BCUT2D eigenvalue weighted by molar-refractivity contribution is 5.57. The van der Waals surface area contributed by atoms with Crippen LogP contribution >= 0.6 is 0 Å². The lowest BCUT2D eigenvalue weighted by Gasteiger charge is -2.35. The molecule has 1 atom stereocenters. The molecule has 1 saturated carbocycles. The number of piperidine rings is 1. The van der Waals surface area contributed by atoms with E-state index in [4.69, 9.17) is 4.74 Å². The molecular formula is C25H29N5O2. The van der Waals surface area contributed by atoms with Crippen molar-refractivity contribution in [2.24, 2.45) is 5.92 Å². The van der Waals surface area contributed by atoms with Crippen LogP contribution in [0, 0.1) is 12.8 Å². The van der Waals surface area contributed by atoms with Crippen LogP contribution in [-0.4, -0.2) is 44.3 Å². The van der Waals surface area contributed by atoms with E-state index in [1.807, 2.05) is 49.5 Å². The van der Waals surface area contributed by atoms with Crippen molar-refractivity contribution < 1.29 is 9.84 Å². The Balaban J connectivity index is 1.23. The number of nitrogens with one attached hydrogen (secondary N) is 1. The molecule has 2 aromatic heterocycles. The number of anilines is 2. The van der Waals surface area contributed by atoms with Gasteiger partial charge in [-0.15, -0.1) is 0 Å². The molecule has 0 radical (unpaired) electrons. The summed E-state index contributed by atoms with van der Waals surface area (Å²) >= 11 is 0. The molecule has 2 aliphatic rings. The van der Waals surface area contributed by atoms with Gasteiger partial charge in [-0.25, -0.2) is 9.97 Å². The zero-order valence-electron chi connectivity index (χ0n) is 18.3. The maximum absolute atomic E-state index is 10.4. The smallest absolute Gasteiger partial charge is 0.241 e. The first kappa shape index (κ1) is 20.8. The summed E-state index contributed by atoms with van der Waals surface area (Å²) in [5.41, 5.74) is 2.97. The number of likely N-dealkylation sites (tertiary alicyclic amines) is 1. The van der Waals surface area contributed by atoms with Crippen LogP contribution in [0.3, 0.4) is 0 Å². The van der Waals surface area contributed by atoms with Crippen LogP contribution in [0.25, 0.3) is 0 Å². The number of pyridine rings is 1. The molecule has 0 spiro atoms. The molecule has 32 heavy (non-hydrogen) atoms. The van der Waals surface area contributed by atoms with Gasteiger partial charge in [-0.05, 0) is 74.4 Å². The third-order valence-electron chi connectivity index (χ3n) is 6.28. The van der Waals surface area contributed by atoms with Crippen LogP contribution in [0.4, 0.5) is 11.5 Å². The van der Waals surface area contributed by atoms with Crippen LogP contribution in [-0.2, 0) is 0 Å². The number of aliphatic hydroxyl groups is 1. The highest BCUT2D eigenvalue weighted by Gasteiger charge is 2.36. The standard InChI is InChI=1S/C25H29N5O2/c1-17-2-9-22(28-16-17)29-20-5-7-21(8-6-20)32-24-23(26-12-13-27-24)18-10-14-30(15-11-18)25(31)19-3-4-19/h2,5-9,12-13,16,18-19,25,31H,3-4,10-11,14-15H2,1H3,(H,28,29). The van der Waals surface area contributed by atoms with Gasteiger partial charge in [0.15, 0.2) is 0 Å². The summed E-state index contributed by atoms with van der Waals surface area (Å²) in [7, 11) is 0. The Morgan fingerprint density at radius 2 is 1.72 bits per heavy atom. The number of aliphatic hydroxyl groups excluding tert-OH is 1. The molecule has 2 N–H and O–H groups in total. The van der Waals surface area contributed by atoms with Gasteiger partial charge in [0, 0.05) is 43.3 Å². The molecular weight excluding hydrogens is 402 g/mol. The average Bonchev–Trinajstić information content (AvgIpc) is 3.68. The van der Waals surface area contributed by atoms with Gasteiger partial charge in [0.25, 0.3) is 0 Å². The molecule has 7 heteroatoms. The van der Waals surface area contributed by atoms with Gasteiger partial charge in [0.2, 0.25) is 5.88 Å². The fourth-order valence-electron chi connectivity index (χ4n) is 4.23. The monoisotopic (exact) mass is 431 g/mol. The average molecular weight is 432 g/mol. The highest BCUT2D eigenvalue weighted by atomic mass is 16.5. The SMILES string of the molecule is Cc1ccc(Nc2ccc(Oc3nccnc3C3CCN(C(O)C4CC4)CC3)cc2)nc1. The number of hydrogen-bond acceptors (Lipinski definition) is 7. The first-order chi connectivity index (χ1) is 15.7. The van der Waals surface area contributed by atoms with Crippen molar-refractivity contribution in [2.45, 2.75) is 44.8 Å². The van der Waals surface area contributed by atoms with Gasteiger partial charge < -0.3 is 15.2 Å². The van der Waals surface area contributed by atoms with Crippen molar-refractivity contribution in [3.05, 3.63) is 66.2 Å². The Hall–Kier alpha value is -3.03. The first-order valence-corrected chi connectivity index (χ1v) is 11.4. The molecule has 166 valence electrons. The number of rotatable bonds is 7. The summed E-state index contributed by atoms with van der Waals surface area (Å²) in [5, 5.41) is 13.7. The van der Waals surface area contributed by atoms with Crippen molar-refractivity contribution >= 4 is 11.5 Å². The molecule has 3 aromatic rings. The van der Waals surface area contributed by atoms with Crippen molar-refractivity contribution in [3.63, 3.8) is 0 Å². The lowest BCUT2D eigenvalue weighted by atomic mass is 9.93. The van der Waals surface area contributed by atoms with E-state index in [9.17, 15) is 5.11 Å². The van der Waals surface area contributed by atoms with E-state index in [1.54, 1.807) is 12.4 Å². The Labute approximate surface area is 188 Å². The van der Waals surface area contributed by atoms with Crippen molar-refractivity contribution in [3.8, 4) is 11.6 Å². The van der Waals surface area contributed by atoms with Crippen LogP contribution in [0.15, 0.2) is 55.0 Å². The molecule has 0 amide bonds. The zero-order valence-corrected chi connectivity index (χ0v) is 18.3. The van der Waals surface area contributed by atoms with E-state index < -0.39 is 0 Å². The normalized spacial score (nSPS) is 18.3. The van der Waals surface area contributed by atoms with E-state index >= 15 is 0 Å². The van der Waals surface area contributed by atoms with Crippen molar-refractivity contribution in [2.75, 3.05) is 18.4 Å². The topological polar surface area (TPSA) is 83.4 Å². The Kier molecular flexibility index (Phi) is 6.01. The third-order valence-corrected chi connectivity index (χ3v) is 6.28. The van der Waals surface area contributed by atoms with E-state index in [1.165, 1.54) is 0 Å². The summed E-state index contributed by atoms with van der Waals surface area (Å²) in [6, 6.07) is 11.8. The lowest BCUT2D eigenvalue weighted by Crippen LogP contribution is -2.42. The summed E-state index contributed by atoms with van der Waals surface area (Å²) in [5.74, 6) is 2.85. The first-order valence-electron chi connectivity index (χ1n) is 11.4.